The number of carbonyl (C=O) groups is 1. The summed E-state index contributed by atoms with van der Waals surface area (Å²) in [5, 5.41) is 20.5. The fraction of sp³-hybridized carbons (Fsp3) is 0.400. The van der Waals surface area contributed by atoms with Gasteiger partial charge in [0.2, 0.25) is 5.91 Å². The highest BCUT2D eigenvalue weighted by molar-refractivity contribution is 5.92. The van der Waals surface area contributed by atoms with Crippen LogP contribution in [-0.4, -0.2) is 11.4 Å². The topological polar surface area (TPSA) is 103 Å². The minimum atomic E-state index is -0.773. The molecule has 0 saturated heterocycles. The average Bonchev–Trinajstić information content (AvgIpc) is 2.48. The van der Waals surface area contributed by atoms with Gasteiger partial charge in [0.15, 0.2) is 0 Å². The van der Waals surface area contributed by atoms with Crippen molar-refractivity contribution in [2.45, 2.75) is 31.2 Å². The molecule has 3 N–H and O–H groups in total. The van der Waals surface area contributed by atoms with Crippen LogP contribution < -0.4 is 11.1 Å². The summed E-state index contributed by atoms with van der Waals surface area (Å²) in [7, 11) is 0. The van der Waals surface area contributed by atoms with E-state index in [4.69, 9.17) is 16.3 Å². The number of nitrogens with one attached hydrogen (secondary N) is 1. The summed E-state index contributed by atoms with van der Waals surface area (Å²) in [6.07, 6.45) is 2.36. The van der Waals surface area contributed by atoms with E-state index >= 15 is 0 Å². The van der Waals surface area contributed by atoms with Crippen molar-refractivity contribution in [3.63, 3.8) is 0 Å². The lowest BCUT2D eigenvalue weighted by molar-refractivity contribution is -0.121. The number of nitrogens with two attached hydrogens (primary N) is 1. The number of nitriles is 2. The Hall–Kier alpha value is -2.37. The van der Waals surface area contributed by atoms with Gasteiger partial charge in [-0.3, -0.25) is 4.79 Å². The van der Waals surface area contributed by atoms with Gasteiger partial charge in [-0.05, 0) is 49.9 Å². The van der Waals surface area contributed by atoms with E-state index in [9.17, 15) is 4.79 Å². The van der Waals surface area contributed by atoms with Gasteiger partial charge in [-0.2, -0.15) is 10.5 Å². The third kappa shape index (κ3) is 3.14. The molecule has 5 nitrogen and oxygen atoms in total. The Bertz CT molecular complexity index is 571. The number of hydrogen-bond donors (Lipinski definition) is 2. The molecule has 1 aliphatic rings. The smallest absolute Gasteiger partial charge is 0.227 e. The van der Waals surface area contributed by atoms with Crippen molar-refractivity contribution in [3.8, 4) is 12.1 Å². The molecule has 20 heavy (non-hydrogen) atoms. The van der Waals surface area contributed by atoms with Gasteiger partial charge in [0.25, 0.3) is 0 Å². The molecular weight excluding hydrogens is 252 g/mol. The van der Waals surface area contributed by atoms with Crippen molar-refractivity contribution in [2.24, 2.45) is 11.7 Å². The number of rotatable bonds is 2. The summed E-state index contributed by atoms with van der Waals surface area (Å²) < 4.78 is 0. The largest absolute Gasteiger partial charge is 0.326 e. The van der Waals surface area contributed by atoms with Crippen LogP contribution in [0.15, 0.2) is 24.3 Å². The SMILES string of the molecule is N#Cc1ccc(NC(=O)C2CCC(N)(C#N)CC2)cc1. The summed E-state index contributed by atoms with van der Waals surface area (Å²) in [5.41, 5.74) is 6.35. The van der Waals surface area contributed by atoms with Gasteiger partial charge in [0.1, 0.15) is 5.54 Å². The number of nitrogens with zero attached hydrogens (tertiary/aromatic N) is 2. The van der Waals surface area contributed by atoms with Gasteiger partial charge in [0, 0.05) is 11.6 Å². The lowest BCUT2D eigenvalue weighted by Crippen LogP contribution is -2.43. The lowest BCUT2D eigenvalue weighted by atomic mass is 9.77. The van der Waals surface area contributed by atoms with Crippen molar-refractivity contribution >= 4 is 11.6 Å². The maximum Gasteiger partial charge on any atom is 0.227 e. The Balaban J connectivity index is 1.93. The zero-order chi connectivity index (χ0) is 14.6. The van der Waals surface area contributed by atoms with Crippen LogP contribution in [0.4, 0.5) is 5.69 Å². The molecule has 1 aliphatic carbocycles. The predicted octanol–water partition coefficient (Wildman–Crippen LogP) is 1.91. The van der Waals surface area contributed by atoms with Gasteiger partial charge in [-0.1, -0.05) is 0 Å². The minimum absolute atomic E-state index is 0.0466. The van der Waals surface area contributed by atoms with Gasteiger partial charge in [-0.25, -0.2) is 0 Å². The predicted molar refractivity (Wildman–Crippen MR) is 74.3 cm³/mol. The molecule has 0 radical (unpaired) electrons. The molecule has 0 spiro atoms. The molecule has 1 aromatic carbocycles. The fourth-order valence-electron chi connectivity index (χ4n) is 2.38. The number of carbonyl (C=O) groups excluding carboxylic acids is 1. The standard InChI is InChI=1S/C15H16N4O/c16-9-11-1-3-13(4-2-11)19-14(20)12-5-7-15(18,10-17)8-6-12/h1-4,12H,5-8,18H2,(H,19,20). The normalized spacial score (nSPS) is 25.2. The molecule has 0 aliphatic heterocycles. The Morgan fingerprint density at radius 2 is 1.85 bits per heavy atom. The Labute approximate surface area is 118 Å². The summed E-state index contributed by atoms with van der Waals surface area (Å²) in [6.45, 7) is 0. The van der Waals surface area contributed by atoms with Gasteiger partial charge in [-0.15, -0.1) is 0 Å². The maximum absolute atomic E-state index is 12.1. The van der Waals surface area contributed by atoms with Crippen LogP contribution in [0.5, 0.6) is 0 Å². The molecule has 1 amide bonds. The van der Waals surface area contributed by atoms with Crippen LogP contribution in [0, 0.1) is 28.6 Å². The van der Waals surface area contributed by atoms with E-state index in [1.165, 1.54) is 0 Å². The molecule has 5 heteroatoms. The van der Waals surface area contributed by atoms with Crippen molar-refractivity contribution in [1.82, 2.24) is 0 Å². The minimum Gasteiger partial charge on any atom is -0.326 e. The van der Waals surface area contributed by atoms with Crippen molar-refractivity contribution < 1.29 is 4.79 Å². The second kappa shape index (κ2) is 5.73. The number of hydrogen-bond acceptors (Lipinski definition) is 4. The molecule has 102 valence electrons. The van der Waals surface area contributed by atoms with E-state index < -0.39 is 5.54 Å². The van der Waals surface area contributed by atoms with Crippen molar-refractivity contribution in [2.75, 3.05) is 5.32 Å². The summed E-state index contributed by atoms with van der Waals surface area (Å²) in [5.74, 6) is -0.148. The van der Waals surface area contributed by atoms with Crippen LogP contribution >= 0.6 is 0 Å². The molecular formula is C15H16N4O. The highest BCUT2D eigenvalue weighted by atomic mass is 16.1. The maximum atomic E-state index is 12.1. The Morgan fingerprint density at radius 1 is 1.25 bits per heavy atom. The molecule has 0 atom stereocenters. The van der Waals surface area contributed by atoms with Gasteiger partial charge in [0.05, 0.1) is 17.7 Å². The third-order valence-electron chi connectivity index (χ3n) is 3.75. The van der Waals surface area contributed by atoms with Gasteiger partial charge >= 0.3 is 0 Å². The van der Waals surface area contributed by atoms with E-state index in [2.05, 4.69) is 11.4 Å². The van der Waals surface area contributed by atoms with Crippen molar-refractivity contribution in [3.05, 3.63) is 29.8 Å². The van der Waals surface area contributed by atoms with E-state index in [0.717, 1.165) is 0 Å². The second-order valence-corrected chi connectivity index (χ2v) is 5.22. The zero-order valence-corrected chi connectivity index (χ0v) is 11.1. The molecule has 0 unspecified atom stereocenters. The summed E-state index contributed by atoms with van der Waals surface area (Å²) in [4.78, 5) is 12.1. The van der Waals surface area contributed by atoms with Crippen molar-refractivity contribution in [1.29, 1.82) is 10.5 Å². The monoisotopic (exact) mass is 268 g/mol. The molecule has 0 heterocycles. The van der Waals surface area contributed by atoms with Crippen LogP contribution in [0.2, 0.25) is 0 Å². The first kappa shape index (κ1) is 14.0. The van der Waals surface area contributed by atoms with Crippen LogP contribution in [0.25, 0.3) is 0 Å². The summed E-state index contributed by atoms with van der Waals surface area (Å²) in [6, 6.07) is 10.9. The van der Waals surface area contributed by atoms with Crippen LogP contribution in [0.1, 0.15) is 31.2 Å². The van der Waals surface area contributed by atoms with E-state index in [1.54, 1.807) is 24.3 Å². The zero-order valence-electron chi connectivity index (χ0n) is 11.1. The molecule has 1 aromatic rings. The number of amides is 1. The number of benzene rings is 1. The quantitative estimate of drug-likeness (QED) is 0.855. The molecule has 0 bridgehead atoms. The summed E-state index contributed by atoms with van der Waals surface area (Å²) >= 11 is 0. The first-order valence-electron chi connectivity index (χ1n) is 6.57. The first-order chi connectivity index (χ1) is 9.56. The van der Waals surface area contributed by atoms with Crippen LogP contribution in [-0.2, 0) is 4.79 Å². The van der Waals surface area contributed by atoms with Crippen LogP contribution in [0.3, 0.4) is 0 Å². The Kier molecular flexibility index (Phi) is 4.02. The van der Waals surface area contributed by atoms with E-state index in [-0.39, 0.29) is 11.8 Å². The molecule has 1 saturated carbocycles. The lowest BCUT2D eigenvalue weighted by Gasteiger charge is -2.30. The van der Waals surface area contributed by atoms with Gasteiger partial charge < -0.3 is 11.1 Å². The van der Waals surface area contributed by atoms with E-state index in [0.29, 0.717) is 36.9 Å². The second-order valence-electron chi connectivity index (χ2n) is 5.22. The highest BCUT2D eigenvalue weighted by Crippen LogP contribution is 2.30. The molecule has 0 aromatic heterocycles. The van der Waals surface area contributed by atoms with E-state index in [1.807, 2.05) is 6.07 Å². The highest BCUT2D eigenvalue weighted by Gasteiger charge is 2.34. The average molecular weight is 268 g/mol. The molecule has 2 rings (SSSR count). The third-order valence-corrected chi connectivity index (χ3v) is 3.75. The first-order valence-corrected chi connectivity index (χ1v) is 6.57. The fourth-order valence-corrected chi connectivity index (χ4v) is 2.38. The molecule has 1 fully saturated rings. The Morgan fingerprint density at radius 3 is 2.35 bits per heavy atom. The number of anilines is 1.